The number of hydrogen-bond donors (Lipinski definition) is 2. The predicted molar refractivity (Wildman–Crippen MR) is 61.7 cm³/mol. The van der Waals surface area contributed by atoms with E-state index < -0.39 is 11.0 Å². The number of benzene rings is 1. The molecule has 0 unspecified atom stereocenters. The van der Waals surface area contributed by atoms with Gasteiger partial charge in [0.2, 0.25) is 0 Å². The van der Waals surface area contributed by atoms with Gasteiger partial charge in [0, 0.05) is 5.69 Å². The van der Waals surface area contributed by atoms with Crippen molar-refractivity contribution in [3.63, 3.8) is 0 Å². The van der Waals surface area contributed by atoms with Gasteiger partial charge in [-0.15, -0.1) is 0 Å². The van der Waals surface area contributed by atoms with Crippen LogP contribution < -0.4 is 10.8 Å². The Labute approximate surface area is 90.4 Å². The lowest BCUT2D eigenvalue weighted by molar-refractivity contribution is 0.360. The fourth-order valence-electron chi connectivity index (χ4n) is 0.923. The Morgan fingerprint density at radius 2 is 2.00 bits per heavy atom. The molecule has 0 bridgehead atoms. The second-order valence-electron chi connectivity index (χ2n) is 2.54. The largest absolute Gasteiger partial charge is 0.412 e. The highest BCUT2D eigenvalue weighted by atomic mass is 32.2. The first-order valence-corrected chi connectivity index (χ1v) is 4.86. The van der Waals surface area contributed by atoms with Gasteiger partial charge in [0.15, 0.2) is 0 Å². The van der Waals surface area contributed by atoms with E-state index >= 15 is 0 Å². The van der Waals surface area contributed by atoms with Crippen LogP contribution >= 0.6 is 0 Å². The van der Waals surface area contributed by atoms with Crippen LogP contribution in [0.15, 0.2) is 24.3 Å². The first-order chi connectivity index (χ1) is 6.18. The SMILES string of the molecule is Bc1cccc(NCO[SH](=O)=O)c1.O.O. The van der Waals surface area contributed by atoms with E-state index in [1.165, 1.54) is 0 Å². The lowest BCUT2D eigenvalue weighted by atomic mass is 9.96. The molecule has 86 valence electrons. The van der Waals surface area contributed by atoms with Crippen molar-refractivity contribution in [2.75, 3.05) is 12.0 Å². The maximum atomic E-state index is 10.0. The van der Waals surface area contributed by atoms with E-state index in [2.05, 4.69) is 9.50 Å². The first kappa shape index (κ1) is 16.3. The Balaban J connectivity index is 0. The molecular weight excluding hydrogens is 221 g/mol. The molecule has 1 aromatic carbocycles. The molecule has 0 saturated heterocycles. The van der Waals surface area contributed by atoms with Crippen molar-refractivity contribution in [2.45, 2.75) is 0 Å². The van der Waals surface area contributed by atoms with Gasteiger partial charge in [0.25, 0.3) is 11.0 Å². The number of anilines is 1. The highest BCUT2D eigenvalue weighted by Crippen LogP contribution is 2.01. The van der Waals surface area contributed by atoms with Crippen LogP contribution in [0.1, 0.15) is 0 Å². The van der Waals surface area contributed by atoms with Crippen molar-refractivity contribution in [3.8, 4) is 0 Å². The van der Waals surface area contributed by atoms with Crippen LogP contribution in [0.5, 0.6) is 0 Å². The third-order valence-electron chi connectivity index (χ3n) is 1.46. The minimum absolute atomic E-state index is 0. The maximum Gasteiger partial charge on any atom is 0.258 e. The normalized spacial score (nSPS) is 8.87. The third kappa shape index (κ3) is 6.92. The van der Waals surface area contributed by atoms with Crippen molar-refractivity contribution in [3.05, 3.63) is 24.3 Å². The molecule has 6 nitrogen and oxygen atoms in total. The molecule has 0 aliphatic heterocycles. The van der Waals surface area contributed by atoms with Crippen LogP contribution in [-0.4, -0.2) is 33.9 Å². The molecule has 0 aromatic heterocycles. The second kappa shape index (κ2) is 8.24. The summed E-state index contributed by atoms with van der Waals surface area (Å²) in [7, 11) is -0.808. The molecule has 0 heterocycles. The van der Waals surface area contributed by atoms with Crippen molar-refractivity contribution >= 4 is 30.0 Å². The quantitative estimate of drug-likeness (QED) is 0.333. The van der Waals surface area contributed by atoms with Crippen LogP contribution in [0.2, 0.25) is 0 Å². The monoisotopic (exact) mass is 235 g/mol. The Kier molecular flexibility index (Phi) is 8.98. The zero-order valence-corrected chi connectivity index (χ0v) is 9.08. The molecule has 0 aliphatic carbocycles. The molecule has 0 fully saturated rings. The number of rotatable bonds is 4. The molecule has 1 rings (SSSR count). The Morgan fingerprint density at radius 1 is 1.33 bits per heavy atom. The summed E-state index contributed by atoms with van der Waals surface area (Å²) in [5.41, 5.74) is 1.95. The smallest absolute Gasteiger partial charge is 0.258 e. The van der Waals surface area contributed by atoms with Crippen LogP contribution in [0, 0.1) is 0 Å². The number of nitrogens with one attached hydrogen (secondary N) is 1. The van der Waals surface area contributed by atoms with Crippen LogP contribution in [0.25, 0.3) is 0 Å². The molecule has 5 N–H and O–H groups in total. The molecule has 0 atom stereocenters. The van der Waals surface area contributed by atoms with Gasteiger partial charge < -0.3 is 16.3 Å². The Morgan fingerprint density at radius 3 is 2.53 bits per heavy atom. The lowest BCUT2D eigenvalue weighted by Crippen LogP contribution is -2.08. The average molecular weight is 235 g/mol. The van der Waals surface area contributed by atoms with Gasteiger partial charge in [-0.2, -0.15) is 0 Å². The van der Waals surface area contributed by atoms with Crippen LogP contribution in [0.4, 0.5) is 5.69 Å². The van der Waals surface area contributed by atoms with Gasteiger partial charge >= 0.3 is 0 Å². The van der Waals surface area contributed by atoms with Crippen molar-refractivity contribution < 1.29 is 23.6 Å². The van der Waals surface area contributed by atoms with E-state index in [9.17, 15) is 8.42 Å². The predicted octanol–water partition coefficient (Wildman–Crippen LogP) is -2.79. The minimum atomic E-state index is -2.77. The fraction of sp³-hybridized carbons (Fsp3) is 0.143. The Bertz CT molecular complexity index is 349. The first-order valence-electron chi connectivity index (χ1n) is 3.76. The highest BCUT2D eigenvalue weighted by Gasteiger charge is 1.91. The van der Waals surface area contributed by atoms with Crippen LogP contribution in [-0.2, 0) is 15.2 Å². The summed E-state index contributed by atoms with van der Waals surface area (Å²) in [5, 5.41) is 2.81. The van der Waals surface area contributed by atoms with Crippen molar-refractivity contribution in [1.29, 1.82) is 0 Å². The summed E-state index contributed by atoms with van der Waals surface area (Å²) in [6.07, 6.45) is 0. The van der Waals surface area contributed by atoms with Gasteiger partial charge in [-0.25, -0.2) is 8.42 Å². The highest BCUT2D eigenvalue weighted by molar-refractivity contribution is 7.67. The van der Waals surface area contributed by atoms with E-state index in [-0.39, 0.29) is 17.7 Å². The van der Waals surface area contributed by atoms with Crippen LogP contribution in [0.3, 0.4) is 0 Å². The van der Waals surface area contributed by atoms with Crippen molar-refractivity contribution in [1.82, 2.24) is 0 Å². The number of hydrogen-bond acceptors (Lipinski definition) is 4. The average Bonchev–Trinajstić information content (AvgIpc) is 2.03. The molecule has 0 aliphatic rings. The topological polar surface area (TPSA) is 118 Å². The molecule has 0 spiro atoms. The van der Waals surface area contributed by atoms with E-state index in [1.54, 1.807) is 0 Å². The minimum Gasteiger partial charge on any atom is -0.412 e. The molecule has 1 aromatic rings. The summed E-state index contributed by atoms with van der Waals surface area (Å²) in [4.78, 5) is 0. The van der Waals surface area contributed by atoms with E-state index in [0.29, 0.717) is 0 Å². The summed E-state index contributed by atoms with van der Waals surface area (Å²) in [6, 6.07) is 7.59. The molecule has 15 heavy (non-hydrogen) atoms. The van der Waals surface area contributed by atoms with Crippen molar-refractivity contribution in [2.24, 2.45) is 0 Å². The third-order valence-corrected chi connectivity index (χ3v) is 1.80. The van der Waals surface area contributed by atoms with Gasteiger partial charge in [-0.3, -0.25) is 4.18 Å². The maximum absolute atomic E-state index is 10.0. The second-order valence-corrected chi connectivity index (χ2v) is 3.25. The summed E-state index contributed by atoms with van der Waals surface area (Å²) >= 11 is 0. The summed E-state index contributed by atoms with van der Waals surface area (Å²) in [5.74, 6) is 0. The summed E-state index contributed by atoms with van der Waals surface area (Å²) < 4.78 is 24.4. The standard InChI is InChI=1S/C7H10BNO3S.2H2O/c8-6-2-1-3-7(4-6)9-5-12-13(10)11;;/h1-4,9,13H,5,8H2;2*1H2. The molecule has 0 amide bonds. The van der Waals surface area contributed by atoms with E-state index in [4.69, 9.17) is 0 Å². The van der Waals surface area contributed by atoms with Gasteiger partial charge in [0.1, 0.15) is 14.6 Å². The van der Waals surface area contributed by atoms with E-state index in [1.807, 2.05) is 32.1 Å². The van der Waals surface area contributed by atoms with Gasteiger partial charge in [-0.05, 0) is 12.1 Å². The zero-order chi connectivity index (χ0) is 9.68. The zero-order valence-electron chi connectivity index (χ0n) is 8.19. The molecule has 0 saturated carbocycles. The fourth-order valence-corrected chi connectivity index (χ4v) is 1.09. The summed E-state index contributed by atoms with van der Waals surface area (Å²) in [6.45, 7) is -0.0256. The lowest BCUT2D eigenvalue weighted by Gasteiger charge is -2.03. The molecule has 8 heteroatoms. The molecular formula is C7H14BNO5S. The Hall–Kier alpha value is -1.09. The molecule has 0 radical (unpaired) electrons. The van der Waals surface area contributed by atoms with Gasteiger partial charge in [-0.1, -0.05) is 17.6 Å². The van der Waals surface area contributed by atoms with Gasteiger partial charge in [0.05, 0.1) is 0 Å². The number of thiol groups is 1. The van der Waals surface area contributed by atoms with E-state index in [0.717, 1.165) is 11.2 Å².